The molecule has 0 aromatic carbocycles. The number of hydrogen-bond acceptors (Lipinski definition) is 3. The molecule has 5 atom stereocenters. The van der Waals surface area contributed by atoms with Gasteiger partial charge < -0.3 is 9.47 Å². The van der Waals surface area contributed by atoms with Gasteiger partial charge in [-0.25, -0.2) is 4.79 Å². The molecule has 3 aliphatic rings. The first-order chi connectivity index (χ1) is 7.90. The standard InChI is InChI=1S/C14H20O3/c1-7(2)13(15)16-11-8-5-9-10(6-8)14(3,4)17-12(9)11/h8-12H,1,5-6H2,2-4H3. The zero-order chi connectivity index (χ0) is 12.4. The van der Waals surface area contributed by atoms with Crippen molar-refractivity contribution in [2.45, 2.75) is 51.4 Å². The van der Waals surface area contributed by atoms with Gasteiger partial charge in [0.05, 0.1) is 11.7 Å². The van der Waals surface area contributed by atoms with E-state index in [1.54, 1.807) is 6.92 Å². The highest BCUT2D eigenvalue weighted by Crippen LogP contribution is 2.60. The van der Waals surface area contributed by atoms with Crippen LogP contribution in [0.1, 0.15) is 33.6 Å². The Balaban J connectivity index is 1.78. The maximum absolute atomic E-state index is 11.6. The molecular weight excluding hydrogens is 216 g/mol. The highest BCUT2D eigenvalue weighted by atomic mass is 16.6. The summed E-state index contributed by atoms with van der Waals surface area (Å²) < 4.78 is 11.7. The normalized spacial score (nSPS) is 45.0. The van der Waals surface area contributed by atoms with Crippen molar-refractivity contribution in [1.29, 1.82) is 0 Å². The average molecular weight is 236 g/mol. The molecular formula is C14H20O3. The van der Waals surface area contributed by atoms with Crippen molar-refractivity contribution in [3.05, 3.63) is 12.2 Å². The molecule has 2 bridgehead atoms. The second-order valence-corrected chi connectivity index (χ2v) is 6.34. The van der Waals surface area contributed by atoms with Crippen LogP contribution in [0.3, 0.4) is 0 Å². The maximum Gasteiger partial charge on any atom is 0.333 e. The van der Waals surface area contributed by atoms with Gasteiger partial charge in [-0.3, -0.25) is 0 Å². The first-order valence-corrected chi connectivity index (χ1v) is 6.44. The lowest BCUT2D eigenvalue weighted by molar-refractivity contribution is -0.155. The minimum Gasteiger partial charge on any atom is -0.456 e. The van der Waals surface area contributed by atoms with Gasteiger partial charge in [0.25, 0.3) is 0 Å². The Morgan fingerprint density at radius 3 is 2.76 bits per heavy atom. The molecule has 0 N–H and O–H groups in total. The van der Waals surface area contributed by atoms with Gasteiger partial charge in [-0.05, 0) is 51.4 Å². The van der Waals surface area contributed by atoms with Crippen LogP contribution in [0.4, 0.5) is 0 Å². The van der Waals surface area contributed by atoms with E-state index in [0.717, 1.165) is 12.8 Å². The van der Waals surface area contributed by atoms with E-state index in [0.29, 0.717) is 23.3 Å². The summed E-state index contributed by atoms with van der Waals surface area (Å²) in [6.45, 7) is 9.65. The second kappa shape index (κ2) is 3.35. The van der Waals surface area contributed by atoms with Crippen molar-refractivity contribution in [3.63, 3.8) is 0 Å². The van der Waals surface area contributed by atoms with E-state index in [1.807, 2.05) is 0 Å². The molecule has 0 spiro atoms. The fourth-order valence-electron chi connectivity index (χ4n) is 4.03. The van der Waals surface area contributed by atoms with Gasteiger partial charge in [0.2, 0.25) is 0 Å². The van der Waals surface area contributed by atoms with Crippen LogP contribution in [0.5, 0.6) is 0 Å². The van der Waals surface area contributed by atoms with Gasteiger partial charge in [-0.15, -0.1) is 0 Å². The molecule has 3 rings (SSSR count). The van der Waals surface area contributed by atoms with Gasteiger partial charge in [0, 0.05) is 5.57 Å². The number of ether oxygens (including phenoxy) is 2. The van der Waals surface area contributed by atoms with Gasteiger partial charge in [-0.1, -0.05) is 6.58 Å². The van der Waals surface area contributed by atoms with E-state index >= 15 is 0 Å². The molecule has 3 heteroatoms. The number of rotatable bonds is 2. The minimum atomic E-state index is -0.271. The molecule has 3 nitrogen and oxygen atoms in total. The molecule has 1 saturated heterocycles. The summed E-state index contributed by atoms with van der Waals surface area (Å²) in [6, 6.07) is 0. The summed E-state index contributed by atoms with van der Waals surface area (Å²) >= 11 is 0. The predicted octanol–water partition coefficient (Wildman–Crippen LogP) is 2.31. The Kier molecular flexibility index (Phi) is 2.22. The summed E-state index contributed by atoms with van der Waals surface area (Å²) in [4.78, 5) is 11.6. The highest BCUT2D eigenvalue weighted by Gasteiger charge is 2.64. The maximum atomic E-state index is 11.6. The van der Waals surface area contributed by atoms with E-state index in [2.05, 4.69) is 20.4 Å². The van der Waals surface area contributed by atoms with Crippen LogP contribution in [-0.2, 0) is 14.3 Å². The van der Waals surface area contributed by atoms with E-state index in [4.69, 9.17) is 9.47 Å². The number of fused-ring (bicyclic) bond motifs is 1. The van der Waals surface area contributed by atoms with Crippen LogP contribution in [0.25, 0.3) is 0 Å². The summed E-state index contributed by atoms with van der Waals surface area (Å²) in [7, 11) is 0. The lowest BCUT2D eigenvalue weighted by Crippen LogP contribution is -2.36. The molecule has 0 amide bonds. The molecule has 0 aromatic heterocycles. The third kappa shape index (κ3) is 1.48. The Bertz CT molecular complexity index is 385. The summed E-state index contributed by atoms with van der Waals surface area (Å²) in [5.74, 6) is 1.47. The van der Waals surface area contributed by atoms with E-state index in [9.17, 15) is 4.79 Å². The van der Waals surface area contributed by atoms with Crippen molar-refractivity contribution in [2.24, 2.45) is 17.8 Å². The summed E-state index contributed by atoms with van der Waals surface area (Å²) in [5.41, 5.74) is 0.427. The molecule has 0 radical (unpaired) electrons. The third-order valence-electron chi connectivity index (χ3n) is 4.78. The Morgan fingerprint density at radius 2 is 2.12 bits per heavy atom. The van der Waals surface area contributed by atoms with Crippen molar-refractivity contribution >= 4 is 5.97 Å². The van der Waals surface area contributed by atoms with Crippen molar-refractivity contribution in [1.82, 2.24) is 0 Å². The number of hydrogen-bond donors (Lipinski definition) is 0. The van der Waals surface area contributed by atoms with E-state index in [1.165, 1.54) is 0 Å². The zero-order valence-electron chi connectivity index (χ0n) is 10.7. The smallest absolute Gasteiger partial charge is 0.333 e. The van der Waals surface area contributed by atoms with Crippen LogP contribution in [0, 0.1) is 17.8 Å². The fraction of sp³-hybridized carbons (Fsp3) is 0.786. The Morgan fingerprint density at radius 1 is 1.41 bits per heavy atom. The highest BCUT2D eigenvalue weighted by molar-refractivity contribution is 5.87. The monoisotopic (exact) mass is 236 g/mol. The molecule has 5 unspecified atom stereocenters. The van der Waals surface area contributed by atoms with E-state index < -0.39 is 0 Å². The molecule has 0 aromatic rings. The second-order valence-electron chi connectivity index (χ2n) is 6.34. The number of esters is 1. The van der Waals surface area contributed by atoms with Crippen LogP contribution >= 0.6 is 0 Å². The quantitative estimate of drug-likeness (QED) is 0.545. The first kappa shape index (κ1) is 11.3. The Hall–Kier alpha value is -0.830. The van der Waals surface area contributed by atoms with Crippen LogP contribution in [0.15, 0.2) is 12.2 Å². The lowest BCUT2D eigenvalue weighted by atomic mass is 9.80. The van der Waals surface area contributed by atoms with Crippen molar-refractivity contribution < 1.29 is 14.3 Å². The molecule has 1 heterocycles. The number of carbonyl (C=O) groups is 1. The molecule has 3 fully saturated rings. The third-order valence-corrected chi connectivity index (χ3v) is 4.78. The van der Waals surface area contributed by atoms with Gasteiger partial charge in [-0.2, -0.15) is 0 Å². The number of carbonyl (C=O) groups excluding carboxylic acids is 1. The zero-order valence-corrected chi connectivity index (χ0v) is 10.7. The Labute approximate surface area is 102 Å². The SMILES string of the molecule is C=C(C)C(=O)OC1C2CC3C1OC(C)(C)C3C2. The molecule has 1 aliphatic heterocycles. The van der Waals surface area contributed by atoms with Crippen LogP contribution < -0.4 is 0 Å². The molecule has 2 saturated carbocycles. The summed E-state index contributed by atoms with van der Waals surface area (Å²) in [6.07, 6.45) is 2.38. The fourth-order valence-corrected chi connectivity index (χ4v) is 4.03. The molecule has 94 valence electrons. The van der Waals surface area contributed by atoms with Gasteiger partial charge in [0.15, 0.2) is 0 Å². The topological polar surface area (TPSA) is 35.5 Å². The minimum absolute atomic E-state index is 0.0396. The van der Waals surface area contributed by atoms with E-state index in [-0.39, 0.29) is 23.8 Å². The summed E-state index contributed by atoms with van der Waals surface area (Å²) in [5, 5.41) is 0. The first-order valence-electron chi connectivity index (χ1n) is 6.44. The van der Waals surface area contributed by atoms with Crippen molar-refractivity contribution in [2.75, 3.05) is 0 Å². The van der Waals surface area contributed by atoms with Crippen LogP contribution in [0.2, 0.25) is 0 Å². The van der Waals surface area contributed by atoms with Crippen LogP contribution in [-0.4, -0.2) is 23.8 Å². The van der Waals surface area contributed by atoms with Crippen molar-refractivity contribution in [3.8, 4) is 0 Å². The molecule has 17 heavy (non-hydrogen) atoms. The van der Waals surface area contributed by atoms with Gasteiger partial charge in [0.1, 0.15) is 6.10 Å². The van der Waals surface area contributed by atoms with Gasteiger partial charge >= 0.3 is 5.97 Å². The predicted molar refractivity (Wildman–Crippen MR) is 63.4 cm³/mol. The average Bonchev–Trinajstić information content (AvgIpc) is 2.81. The lowest BCUT2D eigenvalue weighted by Gasteiger charge is -2.26. The molecule has 2 aliphatic carbocycles. The largest absolute Gasteiger partial charge is 0.456 e.